The average molecular weight is 217 g/mol. The number of nitrogens with one attached hydrogen (secondary N) is 1. The summed E-state index contributed by atoms with van der Waals surface area (Å²) >= 11 is 2.01. The molecule has 3 heteroatoms. The minimum Gasteiger partial charge on any atom is -0.393 e. The summed E-state index contributed by atoms with van der Waals surface area (Å²) in [7, 11) is 0. The minimum absolute atomic E-state index is 0.162. The number of aliphatic hydroxyl groups excluding tert-OH is 1. The summed E-state index contributed by atoms with van der Waals surface area (Å²) in [6.07, 6.45) is 8.26. The van der Waals surface area contributed by atoms with Crippen molar-refractivity contribution in [2.45, 2.75) is 56.4 Å². The van der Waals surface area contributed by atoms with Crippen molar-refractivity contribution < 1.29 is 5.11 Å². The summed E-state index contributed by atoms with van der Waals surface area (Å²) in [5.41, 5.74) is 0. The van der Waals surface area contributed by atoms with Crippen LogP contribution < -0.4 is 5.32 Å². The molecule has 84 valence electrons. The van der Waals surface area contributed by atoms with Gasteiger partial charge in [-0.25, -0.2) is 0 Å². The van der Waals surface area contributed by atoms with Crippen LogP contribution in [-0.4, -0.2) is 35.3 Å². The molecule has 0 bridgehead atoms. The highest BCUT2D eigenvalue weighted by molar-refractivity contribution is 7.99. The third-order valence-corrected chi connectivity index (χ3v) is 4.14. The van der Waals surface area contributed by atoms with Gasteiger partial charge in [-0.3, -0.25) is 0 Å². The average Bonchev–Trinajstić information content (AvgIpc) is 2.18. The summed E-state index contributed by atoms with van der Waals surface area (Å²) in [5.74, 6) is 0. The van der Waals surface area contributed by atoms with E-state index in [1.807, 2.05) is 18.7 Å². The topological polar surface area (TPSA) is 32.3 Å². The van der Waals surface area contributed by atoms with E-state index in [4.69, 9.17) is 5.11 Å². The molecular weight excluding hydrogens is 194 g/mol. The summed E-state index contributed by atoms with van der Waals surface area (Å²) in [6.45, 7) is 2.82. The lowest BCUT2D eigenvalue weighted by molar-refractivity contribution is 0.181. The fourth-order valence-corrected chi connectivity index (χ4v) is 2.74. The first kappa shape index (κ1) is 12.3. The Morgan fingerprint density at radius 1 is 1.36 bits per heavy atom. The van der Waals surface area contributed by atoms with Gasteiger partial charge in [0, 0.05) is 11.3 Å². The molecule has 1 aliphatic carbocycles. The highest BCUT2D eigenvalue weighted by atomic mass is 32.2. The van der Waals surface area contributed by atoms with Gasteiger partial charge in [0.05, 0.1) is 6.10 Å². The Morgan fingerprint density at radius 2 is 2.00 bits per heavy atom. The van der Waals surface area contributed by atoms with Crippen LogP contribution in [-0.2, 0) is 0 Å². The molecule has 0 saturated heterocycles. The molecule has 1 aliphatic rings. The first-order chi connectivity index (χ1) is 6.72. The second-order valence-electron chi connectivity index (χ2n) is 4.30. The molecule has 1 fully saturated rings. The normalized spacial score (nSPS) is 30.2. The lowest BCUT2D eigenvalue weighted by atomic mass is 9.95. The van der Waals surface area contributed by atoms with E-state index in [9.17, 15) is 0 Å². The van der Waals surface area contributed by atoms with Crippen molar-refractivity contribution in [3.8, 4) is 0 Å². The van der Waals surface area contributed by atoms with Crippen LogP contribution in [0.1, 0.15) is 39.0 Å². The molecule has 0 aliphatic heterocycles. The molecule has 2 nitrogen and oxygen atoms in total. The summed E-state index contributed by atoms with van der Waals surface area (Å²) in [6, 6.07) is 0.706. The predicted octanol–water partition coefficient (Wildman–Crippen LogP) is 2.02. The van der Waals surface area contributed by atoms with E-state index in [2.05, 4.69) is 11.6 Å². The van der Waals surface area contributed by atoms with Gasteiger partial charge in [-0.05, 0) is 51.8 Å². The van der Waals surface area contributed by atoms with Gasteiger partial charge < -0.3 is 10.4 Å². The van der Waals surface area contributed by atoms with Crippen molar-refractivity contribution in [1.82, 2.24) is 5.32 Å². The van der Waals surface area contributed by atoms with Crippen LogP contribution in [0.3, 0.4) is 0 Å². The maximum atomic E-state index is 9.12. The number of thioether (sulfide) groups is 1. The molecule has 14 heavy (non-hydrogen) atoms. The quantitative estimate of drug-likeness (QED) is 0.739. The monoisotopic (exact) mass is 217 g/mol. The van der Waals surface area contributed by atoms with Crippen LogP contribution >= 0.6 is 11.8 Å². The van der Waals surface area contributed by atoms with Crippen LogP contribution in [0.2, 0.25) is 0 Å². The van der Waals surface area contributed by atoms with E-state index >= 15 is 0 Å². The Hall–Kier alpha value is 0.270. The molecular formula is C11H23NOS. The van der Waals surface area contributed by atoms with Gasteiger partial charge in [0.1, 0.15) is 0 Å². The summed E-state index contributed by atoms with van der Waals surface area (Å²) in [5, 5.41) is 13.5. The third-order valence-electron chi connectivity index (χ3n) is 3.00. The molecule has 1 unspecified atom stereocenters. The predicted molar refractivity (Wildman–Crippen MR) is 63.9 cm³/mol. The first-order valence-corrected chi connectivity index (χ1v) is 6.95. The molecule has 0 aromatic rings. The highest BCUT2D eigenvalue weighted by Crippen LogP contribution is 2.26. The van der Waals surface area contributed by atoms with E-state index in [1.165, 1.54) is 25.7 Å². The maximum Gasteiger partial charge on any atom is 0.0524 e. The van der Waals surface area contributed by atoms with Crippen LogP contribution in [0.25, 0.3) is 0 Å². The number of hydrogen-bond acceptors (Lipinski definition) is 3. The van der Waals surface area contributed by atoms with Gasteiger partial charge in [0.2, 0.25) is 0 Å². The number of aliphatic hydroxyl groups is 1. The number of hydrogen-bond donors (Lipinski definition) is 2. The molecule has 0 radical (unpaired) electrons. The summed E-state index contributed by atoms with van der Waals surface area (Å²) in [4.78, 5) is 0. The standard InChI is InChI=1S/C11H23NOS/c1-9(13)7-8-12-10-3-5-11(14-2)6-4-10/h9-13H,3-8H2,1-2H3. The smallest absolute Gasteiger partial charge is 0.0524 e. The second kappa shape index (κ2) is 6.70. The molecule has 1 rings (SSSR count). The molecule has 0 aromatic carbocycles. The van der Waals surface area contributed by atoms with E-state index in [1.54, 1.807) is 0 Å². The van der Waals surface area contributed by atoms with Crippen molar-refractivity contribution in [2.24, 2.45) is 0 Å². The van der Waals surface area contributed by atoms with E-state index in [0.717, 1.165) is 18.2 Å². The second-order valence-corrected chi connectivity index (χ2v) is 5.44. The van der Waals surface area contributed by atoms with Gasteiger partial charge in [-0.2, -0.15) is 11.8 Å². The zero-order valence-corrected chi connectivity index (χ0v) is 10.1. The molecule has 0 amide bonds. The Bertz CT molecular complexity index is 144. The number of rotatable bonds is 5. The Labute approximate surface area is 91.9 Å². The zero-order chi connectivity index (χ0) is 10.4. The largest absolute Gasteiger partial charge is 0.393 e. The molecule has 0 heterocycles. The van der Waals surface area contributed by atoms with E-state index < -0.39 is 0 Å². The van der Waals surface area contributed by atoms with Crippen molar-refractivity contribution in [3.05, 3.63) is 0 Å². The van der Waals surface area contributed by atoms with E-state index in [0.29, 0.717) is 6.04 Å². The van der Waals surface area contributed by atoms with Crippen LogP contribution in [0.4, 0.5) is 0 Å². The summed E-state index contributed by atoms with van der Waals surface area (Å²) < 4.78 is 0. The van der Waals surface area contributed by atoms with E-state index in [-0.39, 0.29) is 6.10 Å². The maximum absolute atomic E-state index is 9.12. The molecule has 0 spiro atoms. The Kier molecular flexibility index (Phi) is 5.90. The first-order valence-electron chi connectivity index (χ1n) is 5.66. The van der Waals surface area contributed by atoms with Crippen LogP contribution in [0.5, 0.6) is 0 Å². The fraction of sp³-hybridized carbons (Fsp3) is 1.00. The lowest BCUT2D eigenvalue weighted by Gasteiger charge is -2.28. The Morgan fingerprint density at radius 3 is 2.50 bits per heavy atom. The highest BCUT2D eigenvalue weighted by Gasteiger charge is 2.19. The van der Waals surface area contributed by atoms with Gasteiger partial charge in [-0.1, -0.05) is 0 Å². The third kappa shape index (κ3) is 4.67. The van der Waals surface area contributed by atoms with Gasteiger partial charge in [-0.15, -0.1) is 0 Å². The lowest BCUT2D eigenvalue weighted by Crippen LogP contribution is -2.35. The van der Waals surface area contributed by atoms with Crippen molar-refractivity contribution in [1.29, 1.82) is 0 Å². The zero-order valence-electron chi connectivity index (χ0n) is 9.33. The Balaban J connectivity index is 2.04. The van der Waals surface area contributed by atoms with Crippen LogP contribution in [0.15, 0.2) is 0 Å². The van der Waals surface area contributed by atoms with Crippen LogP contribution in [0, 0.1) is 0 Å². The van der Waals surface area contributed by atoms with Crippen molar-refractivity contribution >= 4 is 11.8 Å². The fourth-order valence-electron chi connectivity index (χ4n) is 2.00. The SMILES string of the molecule is CSC1CCC(NCCC(C)O)CC1. The molecule has 0 aromatic heterocycles. The van der Waals surface area contributed by atoms with Gasteiger partial charge in [0.15, 0.2) is 0 Å². The van der Waals surface area contributed by atoms with Gasteiger partial charge >= 0.3 is 0 Å². The molecule has 1 saturated carbocycles. The van der Waals surface area contributed by atoms with Gasteiger partial charge in [0.25, 0.3) is 0 Å². The van der Waals surface area contributed by atoms with Crippen molar-refractivity contribution in [2.75, 3.05) is 12.8 Å². The molecule has 2 N–H and O–H groups in total. The molecule has 1 atom stereocenters. The van der Waals surface area contributed by atoms with Crippen molar-refractivity contribution in [3.63, 3.8) is 0 Å². The minimum atomic E-state index is -0.162.